The van der Waals surface area contributed by atoms with Crippen molar-refractivity contribution < 1.29 is 19.0 Å². The van der Waals surface area contributed by atoms with Crippen molar-refractivity contribution in [1.82, 2.24) is 19.4 Å². The summed E-state index contributed by atoms with van der Waals surface area (Å²) in [6.45, 7) is 7.07. The number of aromatic nitrogens is 2. The fourth-order valence-corrected chi connectivity index (χ4v) is 8.26. The average molecular weight is 680 g/mol. The molecule has 49 heavy (non-hydrogen) atoms. The van der Waals surface area contributed by atoms with Crippen molar-refractivity contribution in [1.29, 1.82) is 0 Å². The van der Waals surface area contributed by atoms with Crippen molar-refractivity contribution >= 4 is 34.2 Å². The van der Waals surface area contributed by atoms with Gasteiger partial charge in [0.05, 0.1) is 38.9 Å². The fraction of sp³-hybridized carbons (Fsp3) is 0.385. The highest BCUT2D eigenvalue weighted by atomic mass is 32.1. The summed E-state index contributed by atoms with van der Waals surface area (Å²) in [5.74, 6) is 2.49. The maximum Gasteiger partial charge on any atom is 0.254 e. The summed E-state index contributed by atoms with van der Waals surface area (Å²) in [5.41, 5.74) is 5.25. The Morgan fingerprint density at radius 1 is 0.878 bits per heavy atom. The Balaban J connectivity index is 1.07. The van der Waals surface area contributed by atoms with E-state index in [2.05, 4.69) is 85.8 Å². The molecule has 0 aliphatic carbocycles. The molecule has 2 fully saturated rings. The van der Waals surface area contributed by atoms with Crippen molar-refractivity contribution in [2.75, 3.05) is 72.0 Å². The third-order valence-electron chi connectivity index (χ3n) is 10.3. The number of hydrogen-bond donors (Lipinski definition) is 0. The van der Waals surface area contributed by atoms with E-state index in [1.54, 1.807) is 44.8 Å². The van der Waals surface area contributed by atoms with E-state index in [9.17, 15) is 4.79 Å². The molecule has 5 aromatic rings. The number of anilines is 1. The molecule has 3 aromatic carbocycles. The number of benzene rings is 3. The summed E-state index contributed by atoms with van der Waals surface area (Å²) < 4.78 is 19.0. The number of thiophene rings is 1. The zero-order valence-electron chi connectivity index (χ0n) is 28.6. The topological polar surface area (TPSA) is 72.3 Å². The van der Waals surface area contributed by atoms with E-state index in [4.69, 9.17) is 19.2 Å². The Hall–Kier alpha value is -4.54. The van der Waals surface area contributed by atoms with Gasteiger partial charge in [0.25, 0.3) is 5.91 Å². The SMILES string of the molecule is COc1cc(C(=O)N2CCC(CCN3CCCN(c4nc5ccccc5n4Cc4ccsc4)CC3)(c3ccccc3)C2)cc(OC)c1OC. The van der Waals surface area contributed by atoms with E-state index >= 15 is 0 Å². The van der Waals surface area contributed by atoms with Crippen LogP contribution in [-0.2, 0) is 12.0 Å². The van der Waals surface area contributed by atoms with Gasteiger partial charge in [0.15, 0.2) is 11.5 Å². The lowest BCUT2D eigenvalue weighted by Gasteiger charge is -2.33. The zero-order chi connectivity index (χ0) is 33.8. The molecule has 1 atom stereocenters. The molecule has 256 valence electrons. The van der Waals surface area contributed by atoms with Gasteiger partial charge in [0, 0.05) is 43.7 Å². The summed E-state index contributed by atoms with van der Waals surface area (Å²) in [6, 6.07) is 25.0. The highest BCUT2D eigenvalue weighted by molar-refractivity contribution is 7.07. The van der Waals surface area contributed by atoms with E-state index in [0.717, 1.165) is 70.0 Å². The molecule has 2 saturated heterocycles. The van der Waals surface area contributed by atoms with Crippen LogP contribution in [0.1, 0.15) is 40.7 Å². The molecule has 0 N–H and O–H groups in total. The van der Waals surface area contributed by atoms with Gasteiger partial charge in [-0.1, -0.05) is 42.5 Å². The standard InChI is InChI=1S/C39H45N5O4S/c1-46-34-24-30(25-35(47-2)36(34)48-3)37(45)43-20-16-39(28-43,31-10-5-4-6-11-31)15-19-41-17-9-18-42(22-21-41)38-40-32-12-7-8-13-33(32)44(38)26-29-14-23-49-27-29/h4-8,10-14,23-25,27H,9,15-22,26,28H2,1-3H3. The molecule has 1 amide bonds. The van der Waals surface area contributed by atoms with Gasteiger partial charge in [-0.25, -0.2) is 4.98 Å². The third-order valence-corrected chi connectivity index (χ3v) is 11.0. The average Bonchev–Trinajstić information content (AvgIpc) is 3.87. The van der Waals surface area contributed by atoms with Crippen LogP contribution in [0.5, 0.6) is 17.2 Å². The molecule has 1 unspecified atom stereocenters. The first-order valence-electron chi connectivity index (χ1n) is 17.1. The number of hydrogen-bond acceptors (Lipinski definition) is 8. The van der Waals surface area contributed by atoms with Crippen molar-refractivity contribution in [3.8, 4) is 17.2 Å². The number of amides is 1. The second kappa shape index (κ2) is 14.5. The van der Waals surface area contributed by atoms with E-state index in [1.165, 1.54) is 16.6 Å². The second-order valence-corrected chi connectivity index (χ2v) is 13.9. The molecule has 0 bridgehead atoms. The first kappa shape index (κ1) is 33.0. The number of ether oxygens (including phenoxy) is 3. The Labute approximate surface area is 292 Å². The molecule has 4 heterocycles. The smallest absolute Gasteiger partial charge is 0.254 e. The van der Waals surface area contributed by atoms with E-state index in [0.29, 0.717) is 35.9 Å². The lowest BCUT2D eigenvalue weighted by molar-refractivity contribution is 0.0780. The van der Waals surface area contributed by atoms with E-state index in [-0.39, 0.29) is 11.3 Å². The molecule has 0 radical (unpaired) electrons. The van der Waals surface area contributed by atoms with E-state index < -0.39 is 0 Å². The van der Waals surface area contributed by atoms with Gasteiger partial charge in [0.1, 0.15) is 0 Å². The largest absolute Gasteiger partial charge is 0.493 e. The third kappa shape index (κ3) is 6.72. The summed E-state index contributed by atoms with van der Waals surface area (Å²) in [5, 5.41) is 4.38. The molecule has 0 spiro atoms. The number of fused-ring (bicyclic) bond motifs is 1. The predicted molar refractivity (Wildman–Crippen MR) is 196 cm³/mol. The van der Waals surface area contributed by atoms with Crippen LogP contribution in [0.15, 0.2) is 83.6 Å². The predicted octanol–water partition coefficient (Wildman–Crippen LogP) is 6.56. The summed E-state index contributed by atoms with van der Waals surface area (Å²) >= 11 is 1.74. The number of carbonyl (C=O) groups is 1. The van der Waals surface area contributed by atoms with Crippen molar-refractivity contribution in [2.24, 2.45) is 0 Å². The molecular formula is C39H45N5O4S. The Morgan fingerprint density at radius 2 is 1.65 bits per heavy atom. The molecule has 2 aromatic heterocycles. The minimum Gasteiger partial charge on any atom is -0.493 e. The summed E-state index contributed by atoms with van der Waals surface area (Å²) in [7, 11) is 4.72. The van der Waals surface area contributed by atoms with Gasteiger partial charge in [-0.15, -0.1) is 0 Å². The zero-order valence-corrected chi connectivity index (χ0v) is 29.5. The van der Waals surface area contributed by atoms with Crippen LogP contribution in [0.4, 0.5) is 5.95 Å². The van der Waals surface area contributed by atoms with Crippen LogP contribution in [0.2, 0.25) is 0 Å². The van der Waals surface area contributed by atoms with Crippen LogP contribution < -0.4 is 19.1 Å². The number of likely N-dealkylation sites (tertiary alicyclic amines) is 1. The number of carbonyl (C=O) groups excluding carboxylic acids is 1. The molecular weight excluding hydrogens is 635 g/mol. The monoisotopic (exact) mass is 679 g/mol. The lowest BCUT2D eigenvalue weighted by Crippen LogP contribution is -2.39. The molecule has 2 aliphatic rings. The molecule has 0 saturated carbocycles. The van der Waals surface area contributed by atoms with E-state index in [1.807, 2.05) is 4.90 Å². The number of rotatable bonds is 11. The number of para-hydroxylation sites is 2. The summed E-state index contributed by atoms with van der Waals surface area (Å²) in [6.07, 6.45) is 2.97. The van der Waals surface area contributed by atoms with Crippen molar-refractivity contribution in [2.45, 2.75) is 31.2 Å². The van der Waals surface area contributed by atoms with Gasteiger partial charge in [-0.3, -0.25) is 4.79 Å². The van der Waals surface area contributed by atoms with Gasteiger partial charge in [-0.2, -0.15) is 11.3 Å². The van der Waals surface area contributed by atoms with Crippen LogP contribution >= 0.6 is 11.3 Å². The lowest BCUT2D eigenvalue weighted by atomic mass is 9.76. The number of methoxy groups -OCH3 is 3. The number of nitrogens with zero attached hydrogens (tertiary/aromatic N) is 5. The first-order valence-corrected chi connectivity index (χ1v) is 18.0. The minimum atomic E-state index is -0.127. The second-order valence-electron chi connectivity index (χ2n) is 13.1. The highest BCUT2D eigenvalue weighted by Gasteiger charge is 2.42. The highest BCUT2D eigenvalue weighted by Crippen LogP contribution is 2.41. The van der Waals surface area contributed by atoms with Crippen molar-refractivity contribution in [3.63, 3.8) is 0 Å². The normalized spacial score (nSPS) is 18.5. The first-order chi connectivity index (χ1) is 24.0. The molecule has 2 aliphatic heterocycles. The summed E-state index contributed by atoms with van der Waals surface area (Å²) in [4.78, 5) is 26.2. The quantitative estimate of drug-likeness (QED) is 0.157. The van der Waals surface area contributed by atoms with Crippen molar-refractivity contribution in [3.05, 3.63) is 100 Å². The Kier molecular flexibility index (Phi) is 9.77. The Bertz CT molecular complexity index is 1850. The van der Waals surface area contributed by atoms with Crippen LogP contribution in [0.25, 0.3) is 11.0 Å². The van der Waals surface area contributed by atoms with Gasteiger partial charge >= 0.3 is 0 Å². The molecule has 7 rings (SSSR count). The van der Waals surface area contributed by atoms with Crippen LogP contribution in [-0.4, -0.2) is 92.4 Å². The molecule has 10 heteroatoms. The minimum absolute atomic E-state index is 0.0205. The van der Waals surface area contributed by atoms with Gasteiger partial charge in [-0.05, 0) is 84.6 Å². The maximum atomic E-state index is 14.0. The van der Waals surface area contributed by atoms with Crippen LogP contribution in [0, 0.1) is 0 Å². The number of imidazole rings is 1. The fourth-order valence-electron chi connectivity index (χ4n) is 7.60. The van der Waals surface area contributed by atoms with Crippen LogP contribution in [0.3, 0.4) is 0 Å². The maximum absolute atomic E-state index is 14.0. The van der Waals surface area contributed by atoms with Gasteiger partial charge < -0.3 is 33.5 Å². The van der Waals surface area contributed by atoms with Gasteiger partial charge in [0.2, 0.25) is 11.7 Å². The Morgan fingerprint density at radius 3 is 2.39 bits per heavy atom. The molecule has 9 nitrogen and oxygen atoms in total.